The van der Waals surface area contributed by atoms with Gasteiger partial charge in [-0.05, 0) is 36.9 Å². The van der Waals surface area contributed by atoms with Crippen LogP contribution in [0, 0.1) is 10.1 Å². The van der Waals surface area contributed by atoms with E-state index in [1.54, 1.807) is 12.1 Å². The van der Waals surface area contributed by atoms with Crippen LogP contribution in [-0.2, 0) is 16.6 Å². The van der Waals surface area contributed by atoms with Gasteiger partial charge in [-0.3, -0.25) is 14.9 Å². The Kier molecular flexibility index (Phi) is 6.71. The molecule has 1 aliphatic rings. The van der Waals surface area contributed by atoms with E-state index in [4.69, 9.17) is 11.6 Å². The Hall–Kier alpha value is -2.53. The van der Waals surface area contributed by atoms with E-state index in [-0.39, 0.29) is 27.7 Å². The number of nitro groups is 1. The summed E-state index contributed by atoms with van der Waals surface area (Å²) in [5, 5.41) is 13.9. The number of nitro benzene ring substituents is 1. The lowest BCUT2D eigenvalue weighted by Crippen LogP contribution is -2.47. The van der Waals surface area contributed by atoms with E-state index in [9.17, 15) is 23.3 Å². The number of amides is 1. The molecule has 0 radical (unpaired) electrons. The standard InChI is InChI=1S/C19H21ClN4O5S/c1-22-8-10-23(11-9-22)30(28,29)16-5-2-14(3-6-16)13-21-19(25)17-7-4-15(20)12-18(17)24(26)27/h2-7,12H,8-11,13H2,1H3,(H,21,25). The molecule has 160 valence electrons. The van der Waals surface area contributed by atoms with Gasteiger partial charge in [0, 0.05) is 43.8 Å². The summed E-state index contributed by atoms with van der Waals surface area (Å²) in [6.45, 7) is 2.33. The summed E-state index contributed by atoms with van der Waals surface area (Å²) in [4.78, 5) is 25.1. The molecule has 1 aliphatic heterocycles. The van der Waals surface area contributed by atoms with Crippen molar-refractivity contribution in [3.63, 3.8) is 0 Å². The summed E-state index contributed by atoms with van der Waals surface area (Å²) in [5.41, 5.74) is 0.185. The molecule has 1 saturated heterocycles. The number of likely N-dealkylation sites (N-methyl/N-ethyl adjacent to an activating group) is 1. The van der Waals surface area contributed by atoms with Crippen molar-refractivity contribution < 1.29 is 18.1 Å². The van der Waals surface area contributed by atoms with E-state index in [0.717, 1.165) is 6.07 Å². The van der Waals surface area contributed by atoms with Crippen molar-refractivity contribution in [2.75, 3.05) is 33.2 Å². The van der Waals surface area contributed by atoms with Crippen molar-refractivity contribution in [1.82, 2.24) is 14.5 Å². The Morgan fingerprint density at radius 2 is 1.77 bits per heavy atom. The van der Waals surface area contributed by atoms with Gasteiger partial charge in [-0.1, -0.05) is 23.7 Å². The molecule has 30 heavy (non-hydrogen) atoms. The summed E-state index contributed by atoms with van der Waals surface area (Å²) >= 11 is 5.76. The smallest absolute Gasteiger partial charge is 0.283 e. The molecule has 0 atom stereocenters. The molecule has 1 fully saturated rings. The van der Waals surface area contributed by atoms with E-state index >= 15 is 0 Å². The highest BCUT2D eigenvalue weighted by Crippen LogP contribution is 2.23. The minimum Gasteiger partial charge on any atom is -0.348 e. The number of rotatable bonds is 6. The van der Waals surface area contributed by atoms with Crippen molar-refractivity contribution in [2.24, 2.45) is 0 Å². The normalized spacial score (nSPS) is 15.7. The third-order valence-corrected chi connectivity index (χ3v) is 7.03. The second-order valence-corrected chi connectivity index (χ2v) is 9.33. The zero-order valence-corrected chi connectivity index (χ0v) is 17.8. The summed E-state index contributed by atoms with van der Waals surface area (Å²) < 4.78 is 27.0. The fraction of sp³-hybridized carbons (Fsp3) is 0.316. The molecule has 11 heteroatoms. The molecule has 0 bridgehead atoms. The molecule has 3 rings (SSSR count). The maximum absolute atomic E-state index is 12.7. The minimum absolute atomic E-state index is 0.0907. The fourth-order valence-electron chi connectivity index (χ4n) is 3.08. The first-order valence-electron chi connectivity index (χ1n) is 9.18. The number of nitrogens with one attached hydrogen (secondary N) is 1. The topological polar surface area (TPSA) is 113 Å². The Bertz CT molecular complexity index is 1050. The Labute approximate surface area is 179 Å². The SMILES string of the molecule is CN1CCN(S(=O)(=O)c2ccc(CNC(=O)c3ccc(Cl)cc3[N+](=O)[O-])cc2)CC1. The van der Waals surface area contributed by atoms with Gasteiger partial charge in [0.2, 0.25) is 10.0 Å². The van der Waals surface area contributed by atoms with E-state index in [1.165, 1.54) is 28.6 Å². The third kappa shape index (κ3) is 4.96. The van der Waals surface area contributed by atoms with Crippen LogP contribution in [0.15, 0.2) is 47.4 Å². The van der Waals surface area contributed by atoms with Crippen molar-refractivity contribution >= 4 is 33.2 Å². The zero-order valence-electron chi connectivity index (χ0n) is 16.2. The number of piperazine rings is 1. The van der Waals surface area contributed by atoms with Crippen LogP contribution in [-0.4, -0.2) is 61.7 Å². The molecule has 1 amide bonds. The molecule has 0 saturated carbocycles. The second-order valence-electron chi connectivity index (χ2n) is 6.95. The van der Waals surface area contributed by atoms with Gasteiger partial charge in [0.15, 0.2) is 0 Å². The van der Waals surface area contributed by atoms with Crippen LogP contribution in [0.5, 0.6) is 0 Å². The molecular weight excluding hydrogens is 432 g/mol. The lowest BCUT2D eigenvalue weighted by molar-refractivity contribution is -0.385. The van der Waals surface area contributed by atoms with Crippen LogP contribution >= 0.6 is 11.6 Å². The average Bonchev–Trinajstić information content (AvgIpc) is 2.72. The summed E-state index contributed by atoms with van der Waals surface area (Å²) in [7, 11) is -1.61. The predicted molar refractivity (Wildman–Crippen MR) is 112 cm³/mol. The van der Waals surface area contributed by atoms with Crippen LogP contribution in [0.3, 0.4) is 0 Å². The van der Waals surface area contributed by atoms with Gasteiger partial charge < -0.3 is 10.2 Å². The van der Waals surface area contributed by atoms with Crippen molar-refractivity contribution in [1.29, 1.82) is 0 Å². The number of carbonyl (C=O) groups is 1. The van der Waals surface area contributed by atoms with Gasteiger partial charge in [-0.2, -0.15) is 4.31 Å². The fourth-order valence-corrected chi connectivity index (χ4v) is 4.67. The van der Waals surface area contributed by atoms with Crippen LogP contribution in [0.4, 0.5) is 5.69 Å². The van der Waals surface area contributed by atoms with Crippen molar-refractivity contribution in [2.45, 2.75) is 11.4 Å². The lowest BCUT2D eigenvalue weighted by Gasteiger charge is -2.31. The number of halogens is 1. The van der Waals surface area contributed by atoms with E-state index in [0.29, 0.717) is 31.7 Å². The average molecular weight is 453 g/mol. The van der Waals surface area contributed by atoms with E-state index in [1.807, 2.05) is 7.05 Å². The van der Waals surface area contributed by atoms with Gasteiger partial charge in [-0.25, -0.2) is 8.42 Å². The quantitative estimate of drug-likeness (QED) is 0.530. The van der Waals surface area contributed by atoms with E-state index in [2.05, 4.69) is 10.2 Å². The number of carbonyl (C=O) groups excluding carboxylic acids is 1. The van der Waals surface area contributed by atoms with Gasteiger partial charge in [-0.15, -0.1) is 0 Å². The lowest BCUT2D eigenvalue weighted by atomic mass is 10.1. The monoisotopic (exact) mass is 452 g/mol. The Morgan fingerprint density at radius 3 is 2.37 bits per heavy atom. The van der Waals surface area contributed by atoms with Gasteiger partial charge in [0.05, 0.1) is 9.82 Å². The van der Waals surface area contributed by atoms with Crippen LogP contribution in [0.2, 0.25) is 5.02 Å². The molecule has 2 aromatic carbocycles. The van der Waals surface area contributed by atoms with Crippen LogP contribution in [0.1, 0.15) is 15.9 Å². The summed E-state index contributed by atoms with van der Waals surface area (Å²) in [6, 6.07) is 10.0. The molecule has 1 heterocycles. The zero-order chi connectivity index (χ0) is 21.9. The van der Waals surface area contributed by atoms with Gasteiger partial charge >= 0.3 is 0 Å². The molecule has 0 aliphatic carbocycles. The Morgan fingerprint density at radius 1 is 1.13 bits per heavy atom. The number of hydrogen-bond acceptors (Lipinski definition) is 6. The predicted octanol–water partition coefficient (Wildman–Crippen LogP) is 2.11. The largest absolute Gasteiger partial charge is 0.348 e. The maximum Gasteiger partial charge on any atom is 0.283 e. The van der Waals surface area contributed by atoms with Crippen LogP contribution in [0.25, 0.3) is 0 Å². The van der Waals surface area contributed by atoms with E-state index < -0.39 is 20.9 Å². The summed E-state index contributed by atoms with van der Waals surface area (Å²) in [6.07, 6.45) is 0. The van der Waals surface area contributed by atoms with Crippen molar-refractivity contribution in [3.05, 3.63) is 68.7 Å². The third-order valence-electron chi connectivity index (χ3n) is 4.88. The van der Waals surface area contributed by atoms with Gasteiger partial charge in [0.1, 0.15) is 5.56 Å². The first-order chi connectivity index (χ1) is 14.2. The second kappa shape index (κ2) is 9.09. The molecule has 0 aromatic heterocycles. The molecule has 2 aromatic rings. The van der Waals surface area contributed by atoms with Gasteiger partial charge in [0.25, 0.3) is 11.6 Å². The number of benzene rings is 2. The molecule has 0 unspecified atom stereocenters. The number of sulfonamides is 1. The maximum atomic E-state index is 12.7. The van der Waals surface area contributed by atoms with Crippen molar-refractivity contribution in [3.8, 4) is 0 Å². The summed E-state index contributed by atoms with van der Waals surface area (Å²) in [5.74, 6) is -0.618. The molecule has 9 nitrogen and oxygen atoms in total. The number of nitrogens with zero attached hydrogens (tertiary/aromatic N) is 3. The number of hydrogen-bond donors (Lipinski definition) is 1. The molecule has 0 spiro atoms. The first-order valence-corrected chi connectivity index (χ1v) is 11.0. The molecular formula is C19H21ClN4O5S. The highest BCUT2D eigenvalue weighted by atomic mass is 35.5. The highest BCUT2D eigenvalue weighted by molar-refractivity contribution is 7.89. The highest BCUT2D eigenvalue weighted by Gasteiger charge is 2.27. The first kappa shape index (κ1) is 22.2. The molecule has 1 N–H and O–H groups in total. The minimum atomic E-state index is -3.56. The van der Waals surface area contributed by atoms with Crippen LogP contribution < -0.4 is 5.32 Å². The Balaban J connectivity index is 1.67.